The quantitative estimate of drug-likeness (QED) is 0.441. The van der Waals surface area contributed by atoms with E-state index in [4.69, 9.17) is 0 Å². The second kappa shape index (κ2) is 3.28. The van der Waals surface area contributed by atoms with Crippen LogP contribution in [0.2, 0.25) is 0 Å². The van der Waals surface area contributed by atoms with Crippen LogP contribution < -0.4 is 0 Å². The summed E-state index contributed by atoms with van der Waals surface area (Å²) in [5.74, 6) is 2.11. The molecule has 0 radical (unpaired) electrons. The molecule has 0 saturated heterocycles. The predicted molar refractivity (Wildman–Crippen MR) is 59.9 cm³/mol. The first-order chi connectivity index (χ1) is 5.72. The van der Waals surface area contributed by atoms with Crippen LogP contribution in [-0.4, -0.2) is 12.6 Å². The summed E-state index contributed by atoms with van der Waals surface area (Å²) in [4.78, 5) is 13.8. The van der Waals surface area contributed by atoms with Crippen LogP contribution in [0.5, 0.6) is 0 Å². The zero-order chi connectivity index (χ0) is 8.72. The summed E-state index contributed by atoms with van der Waals surface area (Å²) in [6, 6.07) is 0. The first-order valence-corrected chi connectivity index (χ1v) is 9.31. The fraction of sp³-hybridized carbons (Fsp3) is 0.900. The molecule has 2 atom stereocenters. The van der Waals surface area contributed by atoms with Gasteiger partial charge in [-0.05, 0) is 0 Å². The van der Waals surface area contributed by atoms with E-state index in [-0.39, 0.29) is 0 Å². The second-order valence-corrected chi connectivity index (χ2v) is 9.96. The van der Waals surface area contributed by atoms with Crippen molar-refractivity contribution in [3.05, 3.63) is 0 Å². The van der Waals surface area contributed by atoms with Gasteiger partial charge in [-0.25, -0.2) is 0 Å². The summed E-state index contributed by atoms with van der Waals surface area (Å²) in [7, 11) is 0. The van der Waals surface area contributed by atoms with Crippen molar-refractivity contribution in [3.8, 4) is 0 Å². The van der Waals surface area contributed by atoms with E-state index in [0.717, 1.165) is 22.2 Å². The van der Waals surface area contributed by atoms with Gasteiger partial charge < -0.3 is 0 Å². The molecule has 2 rings (SSSR count). The fourth-order valence-electron chi connectivity index (χ4n) is 2.29. The standard InChI is InChI=1S/C10H17IO/c1-3-10(12)11(2)9-5-7-4-8(7)6-9/h7-9H,3-6H2,1-2H3. The zero-order valence-electron chi connectivity index (χ0n) is 7.85. The molecule has 0 bridgehead atoms. The molecule has 1 nitrogen and oxygen atoms in total. The van der Waals surface area contributed by atoms with Gasteiger partial charge in [0.25, 0.3) is 0 Å². The van der Waals surface area contributed by atoms with Crippen molar-refractivity contribution in [2.45, 2.75) is 36.5 Å². The van der Waals surface area contributed by atoms with E-state index in [9.17, 15) is 4.79 Å². The Morgan fingerprint density at radius 1 is 1.33 bits per heavy atom. The van der Waals surface area contributed by atoms with Crippen LogP contribution in [0.4, 0.5) is 0 Å². The SMILES string of the molecule is CCC(=O)I(C)C1CC2CC2C1. The number of hydrogen-bond acceptors (Lipinski definition) is 1. The summed E-state index contributed by atoms with van der Waals surface area (Å²) in [5, 5.41) is 0. The van der Waals surface area contributed by atoms with Gasteiger partial charge in [0.2, 0.25) is 0 Å². The Kier molecular flexibility index (Phi) is 2.45. The van der Waals surface area contributed by atoms with E-state index in [1.807, 2.05) is 6.92 Å². The fourth-order valence-corrected chi connectivity index (χ4v) is 7.31. The van der Waals surface area contributed by atoms with Crippen LogP contribution in [0.1, 0.15) is 32.6 Å². The minimum absolute atomic E-state index is 0.630. The Hall–Kier alpha value is 0.400. The van der Waals surface area contributed by atoms with Gasteiger partial charge in [0.1, 0.15) is 0 Å². The number of rotatable bonds is 3. The third-order valence-corrected chi connectivity index (χ3v) is 9.58. The summed E-state index contributed by atoms with van der Waals surface area (Å²) < 4.78 is 1.52. The summed E-state index contributed by atoms with van der Waals surface area (Å²) in [5.41, 5.74) is 0. The van der Waals surface area contributed by atoms with E-state index in [0.29, 0.717) is 3.79 Å². The molecule has 0 aromatic carbocycles. The molecule has 2 aliphatic rings. The molecule has 0 N–H and O–H groups in total. The summed E-state index contributed by atoms with van der Waals surface area (Å²) in [6.45, 7) is 2.02. The van der Waals surface area contributed by atoms with Gasteiger partial charge in [-0.15, -0.1) is 0 Å². The number of hydrogen-bond donors (Lipinski definition) is 0. The third kappa shape index (κ3) is 1.54. The molecule has 0 aliphatic heterocycles. The van der Waals surface area contributed by atoms with E-state index >= 15 is 0 Å². The van der Waals surface area contributed by atoms with E-state index in [1.165, 1.54) is 19.3 Å². The molecule has 2 heteroatoms. The van der Waals surface area contributed by atoms with Crippen LogP contribution in [0, 0.1) is 11.8 Å². The first kappa shape index (κ1) is 8.97. The molecule has 0 heterocycles. The number of fused-ring (bicyclic) bond motifs is 1. The van der Waals surface area contributed by atoms with Gasteiger partial charge in [0.15, 0.2) is 0 Å². The Balaban J connectivity index is 1.88. The van der Waals surface area contributed by atoms with Crippen LogP contribution >= 0.6 is 19.8 Å². The molecule has 2 aliphatic carbocycles. The summed E-state index contributed by atoms with van der Waals surface area (Å²) in [6.07, 6.45) is 5.11. The Bertz CT molecular complexity index is 192. The molecule has 0 spiro atoms. The van der Waals surface area contributed by atoms with Gasteiger partial charge >= 0.3 is 81.7 Å². The topological polar surface area (TPSA) is 17.1 Å². The molecule has 2 saturated carbocycles. The maximum atomic E-state index is 11.5. The molecule has 12 heavy (non-hydrogen) atoms. The van der Waals surface area contributed by atoms with Gasteiger partial charge in [-0.3, -0.25) is 0 Å². The molecule has 70 valence electrons. The normalized spacial score (nSPS) is 39.2. The Morgan fingerprint density at radius 3 is 2.42 bits per heavy atom. The number of carbonyl (C=O) groups is 1. The summed E-state index contributed by atoms with van der Waals surface area (Å²) >= 11 is -1.17. The van der Waals surface area contributed by atoms with Crippen LogP contribution in [0.3, 0.4) is 0 Å². The number of alkyl halides is 2. The molecular formula is C10H17IO. The van der Waals surface area contributed by atoms with E-state index in [1.54, 1.807) is 0 Å². The number of halogens is 1. The molecule has 0 amide bonds. The molecule has 2 unspecified atom stereocenters. The minimum atomic E-state index is -1.17. The van der Waals surface area contributed by atoms with Crippen molar-refractivity contribution in [3.63, 3.8) is 0 Å². The second-order valence-electron chi connectivity index (χ2n) is 4.05. The van der Waals surface area contributed by atoms with Crippen molar-refractivity contribution < 1.29 is 4.79 Å². The Labute approximate surface area is 81.7 Å². The monoisotopic (exact) mass is 280 g/mol. The van der Waals surface area contributed by atoms with Crippen molar-refractivity contribution >= 4 is 23.6 Å². The molecular weight excluding hydrogens is 263 g/mol. The van der Waals surface area contributed by atoms with Crippen LogP contribution in [-0.2, 0) is 4.79 Å². The average Bonchev–Trinajstić information content (AvgIpc) is 2.71. The van der Waals surface area contributed by atoms with Gasteiger partial charge in [0, 0.05) is 0 Å². The molecule has 2 fully saturated rings. The van der Waals surface area contributed by atoms with Crippen molar-refractivity contribution in [1.82, 2.24) is 0 Å². The third-order valence-electron chi connectivity index (χ3n) is 3.26. The van der Waals surface area contributed by atoms with Gasteiger partial charge in [0.05, 0.1) is 0 Å². The average molecular weight is 280 g/mol. The van der Waals surface area contributed by atoms with Crippen molar-refractivity contribution in [2.24, 2.45) is 11.8 Å². The van der Waals surface area contributed by atoms with Crippen molar-refractivity contribution in [1.29, 1.82) is 0 Å². The van der Waals surface area contributed by atoms with Crippen molar-refractivity contribution in [2.75, 3.05) is 4.93 Å². The van der Waals surface area contributed by atoms with E-state index < -0.39 is 19.8 Å². The van der Waals surface area contributed by atoms with Crippen LogP contribution in [0.15, 0.2) is 0 Å². The van der Waals surface area contributed by atoms with Gasteiger partial charge in [-0.2, -0.15) is 0 Å². The molecule has 0 aromatic heterocycles. The Morgan fingerprint density at radius 2 is 1.92 bits per heavy atom. The van der Waals surface area contributed by atoms with Gasteiger partial charge in [-0.1, -0.05) is 0 Å². The van der Waals surface area contributed by atoms with Crippen LogP contribution in [0.25, 0.3) is 0 Å². The predicted octanol–water partition coefficient (Wildman–Crippen LogP) is 2.86. The number of carbonyl (C=O) groups excluding carboxylic acids is 1. The molecule has 0 aromatic rings. The van der Waals surface area contributed by atoms with E-state index in [2.05, 4.69) is 4.93 Å². The zero-order valence-corrected chi connectivity index (χ0v) is 10.0. The maximum absolute atomic E-state index is 11.5. The first-order valence-electron chi connectivity index (χ1n) is 4.83.